The van der Waals surface area contributed by atoms with Crippen LogP contribution in [0.1, 0.15) is 33.9 Å². The Bertz CT molecular complexity index is 1320. The Hall–Kier alpha value is -3.83. The minimum Gasteiger partial charge on any atom is -0.451 e. The Kier molecular flexibility index (Phi) is 10.2. The molecule has 202 valence electrons. The predicted octanol–water partition coefficient (Wildman–Crippen LogP) is 7.79. The second kappa shape index (κ2) is 14.0. The highest BCUT2D eigenvalue weighted by Crippen LogP contribution is 2.48. The lowest BCUT2D eigenvalue weighted by atomic mass is 9.84. The molecule has 0 aliphatic heterocycles. The van der Waals surface area contributed by atoms with Crippen molar-refractivity contribution >= 4 is 30.1 Å². The number of carbonyl (C=O) groups excluding carboxylic acids is 1. The van der Waals surface area contributed by atoms with Crippen molar-refractivity contribution in [3.63, 3.8) is 0 Å². The number of halogens is 1. The van der Waals surface area contributed by atoms with Gasteiger partial charge < -0.3 is 10.5 Å². The van der Waals surface area contributed by atoms with E-state index in [0.29, 0.717) is 5.75 Å². The molecule has 5 aromatic carbocycles. The third-order valence-corrected chi connectivity index (χ3v) is 8.43. The molecule has 0 radical (unpaired) electrons. The summed E-state index contributed by atoms with van der Waals surface area (Å²) in [4.78, 5) is 13.5. The SMILES string of the molecule is Cl.NC(CSC(c1ccccc1)(c1ccccc1)c1ccccc1)C(=O)OC(c1ccccc1)c1ccccc1. The van der Waals surface area contributed by atoms with Crippen LogP contribution in [0.25, 0.3) is 0 Å². The smallest absolute Gasteiger partial charge is 0.324 e. The number of hydrogen-bond acceptors (Lipinski definition) is 4. The van der Waals surface area contributed by atoms with E-state index in [1.165, 1.54) is 0 Å². The molecule has 3 nitrogen and oxygen atoms in total. The average molecular weight is 566 g/mol. The molecule has 0 aromatic heterocycles. The zero-order valence-corrected chi connectivity index (χ0v) is 23.6. The molecule has 0 bridgehead atoms. The van der Waals surface area contributed by atoms with E-state index in [1.54, 1.807) is 11.8 Å². The van der Waals surface area contributed by atoms with Gasteiger partial charge in [-0.05, 0) is 27.8 Å². The molecule has 5 aromatic rings. The monoisotopic (exact) mass is 565 g/mol. The van der Waals surface area contributed by atoms with Gasteiger partial charge >= 0.3 is 5.97 Å². The van der Waals surface area contributed by atoms with Crippen molar-refractivity contribution in [1.82, 2.24) is 0 Å². The number of ether oxygens (including phenoxy) is 1. The lowest BCUT2D eigenvalue weighted by molar-refractivity contribution is -0.148. The van der Waals surface area contributed by atoms with Gasteiger partial charge in [-0.25, -0.2) is 0 Å². The third-order valence-electron chi connectivity index (χ3n) is 6.76. The molecular formula is C35H32ClNO2S. The molecule has 0 aliphatic rings. The first-order chi connectivity index (χ1) is 19.2. The van der Waals surface area contributed by atoms with Gasteiger partial charge in [-0.1, -0.05) is 152 Å². The molecule has 2 N–H and O–H groups in total. The van der Waals surface area contributed by atoms with Crippen molar-refractivity contribution in [1.29, 1.82) is 0 Å². The first kappa shape index (κ1) is 29.2. The van der Waals surface area contributed by atoms with Crippen LogP contribution in [0.2, 0.25) is 0 Å². The maximum Gasteiger partial charge on any atom is 0.324 e. The van der Waals surface area contributed by atoms with Crippen LogP contribution >= 0.6 is 24.2 Å². The lowest BCUT2D eigenvalue weighted by Crippen LogP contribution is -2.38. The number of carbonyl (C=O) groups is 1. The molecule has 1 unspecified atom stereocenters. The summed E-state index contributed by atoms with van der Waals surface area (Å²) in [7, 11) is 0. The number of thioether (sulfide) groups is 1. The summed E-state index contributed by atoms with van der Waals surface area (Å²) in [6.45, 7) is 0. The largest absolute Gasteiger partial charge is 0.451 e. The maximum absolute atomic E-state index is 13.5. The Morgan fingerprint density at radius 1 is 0.600 bits per heavy atom. The molecular weight excluding hydrogens is 534 g/mol. The van der Waals surface area contributed by atoms with E-state index in [0.717, 1.165) is 27.8 Å². The fourth-order valence-electron chi connectivity index (χ4n) is 4.84. The molecule has 0 heterocycles. The Labute approximate surface area is 246 Å². The van der Waals surface area contributed by atoms with Gasteiger partial charge in [-0.15, -0.1) is 24.2 Å². The number of hydrogen-bond donors (Lipinski definition) is 1. The van der Waals surface area contributed by atoms with Gasteiger partial charge in [0.25, 0.3) is 0 Å². The number of nitrogens with two attached hydrogens (primary N) is 1. The highest BCUT2D eigenvalue weighted by molar-refractivity contribution is 8.00. The van der Waals surface area contributed by atoms with Gasteiger partial charge in [0.05, 0.1) is 4.75 Å². The maximum atomic E-state index is 13.5. The second-order valence-corrected chi connectivity index (χ2v) is 10.6. The standard InChI is InChI=1S/C35H31NO2S.ClH/c36-32(34(37)38-33(27-16-6-1-7-17-27)28-18-8-2-9-19-28)26-39-35(29-20-10-3-11-21-29,30-22-12-4-13-23-30)31-24-14-5-15-25-31;/h1-25,32-33H,26,36H2;1H. The molecule has 1 atom stereocenters. The fraction of sp³-hybridized carbons (Fsp3) is 0.114. The van der Waals surface area contributed by atoms with Crippen LogP contribution in [0.15, 0.2) is 152 Å². The zero-order valence-electron chi connectivity index (χ0n) is 22.0. The Morgan fingerprint density at radius 3 is 1.27 bits per heavy atom. The normalized spacial score (nSPS) is 11.8. The van der Waals surface area contributed by atoms with E-state index in [-0.39, 0.29) is 12.4 Å². The molecule has 0 spiro atoms. The Morgan fingerprint density at radius 2 is 0.925 bits per heavy atom. The topological polar surface area (TPSA) is 52.3 Å². The van der Waals surface area contributed by atoms with Crippen LogP contribution < -0.4 is 5.73 Å². The van der Waals surface area contributed by atoms with E-state index in [2.05, 4.69) is 72.8 Å². The average Bonchev–Trinajstić information content (AvgIpc) is 3.02. The van der Waals surface area contributed by atoms with E-state index < -0.39 is 22.9 Å². The number of rotatable bonds is 10. The highest BCUT2D eigenvalue weighted by atomic mass is 35.5. The summed E-state index contributed by atoms with van der Waals surface area (Å²) in [5, 5.41) is 0. The zero-order chi connectivity index (χ0) is 26.9. The molecule has 0 saturated heterocycles. The summed E-state index contributed by atoms with van der Waals surface area (Å²) in [5.74, 6) is -0.0586. The summed E-state index contributed by atoms with van der Waals surface area (Å²) < 4.78 is 5.53. The van der Waals surface area contributed by atoms with E-state index in [4.69, 9.17) is 10.5 Å². The first-order valence-corrected chi connectivity index (χ1v) is 14.0. The Balaban J connectivity index is 0.00000370. The van der Waals surface area contributed by atoms with Gasteiger partial charge in [0.15, 0.2) is 6.10 Å². The van der Waals surface area contributed by atoms with E-state index >= 15 is 0 Å². The molecule has 5 heteroatoms. The minimum atomic E-state index is -0.819. The van der Waals surface area contributed by atoms with Crippen LogP contribution in [0.3, 0.4) is 0 Å². The molecule has 0 aliphatic carbocycles. The third kappa shape index (κ3) is 6.48. The van der Waals surface area contributed by atoms with Crippen LogP contribution in [0, 0.1) is 0 Å². The van der Waals surface area contributed by atoms with Crippen LogP contribution in [0.5, 0.6) is 0 Å². The molecule has 0 saturated carbocycles. The summed E-state index contributed by atoms with van der Waals surface area (Å²) in [5.41, 5.74) is 11.8. The van der Waals surface area contributed by atoms with Crippen LogP contribution in [-0.2, 0) is 14.3 Å². The first-order valence-electron chi connectivity index (χ1n) is 13.0. The minimum absolute atomic E-state index is 0. The molecule has 0 amide bonds. The van der Waals surface area contributed by atoms with Gasteiger partial charge in [0.2, 0.25) is 0 Å². The van der Waals surface area contributed by atoms with Gasteiger partial charge in [-0.3, -0.25) is 4.79 Å². The van der Waals surface area contributed by atoms with Crippen molar-refractivity contribution in [3.05, 3.63) is 179 Å². The fourth-order valence-corrected chi connectivity index (χ4v) is 6.31. The lowest BCUT2D eigenvalue weighted by Gasteiger charge is -2.36. The highest BCUT2D eigenvalue weighted by Gasteiger charge is 2.38. The van der Waals surface area contributed by atoms with Crippen molar-refractivity contribution < 1.29 is 9.53 Å². The summed E-state index contributed by atoms with van der Waals surface area (Å²) in [6.07, 6.45) is -0.530. The molecule has 0 fully saturated rings. The summed E-state index contributed by atoms with van der Waals surface area (Å²) >= 11 is 1.66. The number of benzene rings is 5. The predicted molar refractivity (Wildman–Crippen MR) is 168 cm³/mol. The van der Waals surface area contributed by atoms with Crippen molar-refractivity contribution in [2.75, 3.05) is 5.75 Å². The quantitative estimate of drug-likeness (QED) is 0.139. The van der Waals surface area contributed by atoms with E-state index in [9.17, 15) is 4.79 Å². The van der Waals surface area contributed by atoms with E-state index in [1.807, 2.05) is 78.9 Å². The van der Waals surface area contributed by atoms with Gasteiger partial charge in [0, 0.05) is 5.75 Å². The van der Waals surface area contributed by atoms with Crippen molar-refractivity contribution in [2.24, 2.45) is 5.73 Å². The molecule has 5 rings (SSSR count). The summed E-state index contributed by atoms with van der Waals surface area (Å²) in [6, 6.07) is 49.9. The molecule has 40 heavy (non-hydrogen) atoms. The van der Waals surface area contributed by atoms with Crippen molar-refractivity contribution in [2.45, 2.75) is 16.9 Å². The number of esters is 1. The van der Waals surface area contributed by atoms with Crippen molar-refractivity contribution in [3.8, 4) is 0 Å². The van der Waals surface area contributed by atoms with Gasteiger partial charge in [0.1, 0.15) is 6.04 Å². The van der Waals surface area contributed by atoms with Crippen LogP contribution in [0.4, 0.5) is 0 Å². The van der Waals surface area contributed by atoms with Crippen LogP contribution in [-0.4, -0.2) is 17.8 Å². The van der Waals surface area contributed by atoms with Gasteiger partial charge in [-0.2, -0.15) is 0 Å². The second-order valence-electron chi connectivity index (χ2n) is 9.34.